The van der Waals surface area contributed by atoms with Crippen molar-refractivity contribution < 1.29 is 4.79 Å². The highest BCUT2D eigenvalue weighted by atomic mass is 79.9. The molecule has 3 nitrogen and oxygen atoms in total. The second-order valence-corrected chi connectivity index (χ2v) is 5.38. The normalized spacial score (nSPS) is 12.2. The third kappa shape index (κ3) is 4.31. The number of aromatic nitrogens is 1. The Kier molecular flexibility index (Phi) is 5.46. The van der Waals surface area contributed by atoms with Gasteiger partial charge < -0.3 is 5.32 Å². The van der Waals surface area contributed by atoms with Gasteiger partial charge in [0.1, 0.15) is 0 Å². The van der Waals surface area contributed by atoms with Gasteiger partial charge in [0.2, 0.25) is 0 Å². The molecule has 0 saturated heterocycles. The molecule has 4 heteroatoms. The highest BCUT2D eigenvalue weighted by Gasteiger charge is 2.07. The van der Waals surface area contributed by atoms with Crippen molar-refractivity contribution in [2.75, 3.05) is 6.54 Å². The second-order valence-electron chi connectivity index (χ2n) is 3.82. The highest BCUT2D eigenvalue weighted by Crippen LogP contribution is 2.06. The van der Waals surface area contributed by atoms with Crippen molar-refractivity contribution >= 4 is 21.8 Å². The Balaban J connectivity index is 2.39. The molecule has 1 unspecified atom stereocenters. The molecule has 88 valence electrons. The molecule has 1 amide bonds. The van der Waals surface area contributed by atoms with E-state index in [9.17, 15) is 4.79 Å². The molecule has 1 heterocycles. The summed E-state index contributed by atoms with van der Waals surface area (Å²) in [5.74, 6) is -0.0344. The van der Waals surface area contributed by atoms with Crippen molar-refractivity contribution in [1.82, 2.24) is 10.3 Å². The van der Waals surface area contributed by atoms with Crippen LogP contribution in [0, 0.1) is 6.92 Å². The van der Waals surface area contributed by atoms with Crippen LogP contribution in [0.1, 0.15) is 35.8 Å². The average Bonchev–Trinajstić information content (AvgIpc) is 2.24. The summed E-state index contributed by atoms with van der Waals surface area (Å²) < 4.78 is 0. The molecule has 1 atom stereocenters. The van der Waals surface area contributed by atoms with Crippen LogP contribution < -0.4 is 5.32 Å². The number of alkyl halides is 1. The van der Waals surface area contributed by atoms with E-state index in [1.165, 1.54) is 0 Å². The molecule has 0 saturated carbocycles. The van der Waals surface area contributed by atoms with Gasteiger partial charge in [-0.15, -0.1) is 0 Å². The Morgan fingerprint density at radius 3 is 3.00 bits per heavy atom. The minimum Gasteiger partial charge on any atom is -0.352 e. The lowest BCUT2D eigenvalue weighted by molar-refractivity contribution is 0.0952. The first-order valence-corrected chi connectivity index (χ1v) is 6.36. The Bertz CT molecular complexity index is 353. The molecule has 0 bridgehead atoms. The Hall–Kier alpha value is -0.900. The van der Waals surface area contributed by atoms with E-state index in [1.807, 2.05) is 6.92 Å². The number of nitrogens with one attached hydrogen (secondary N) is 1. The maximum absolute atomic E-state index is 11.7. The number of hydrogen-bond acceptors (Lipinski definition) is 2. The molecule has 16 heavy (non-hydrogen) atoms. The number of carbonyl (C=O) groups is 1. The zero-order chi connectivity index (χ0) is 12.0. The van der Waals surface area contributed by atoms with Crippen LogP contribution in [0.2, 0.25) is 0 Å². The Labute approximate surface area is 105 Å². The van der Waals surface area contributed by atoms with E-state index in [2.05, 4.69) is 33.2 Å². The zero-order valence-electron chi connectivity index (χ0n) is 9.66. The maximum atomic E-state index is 11.7. The van der Waals surface area contributed by atoms with E-state index in [0.29, 0.717) is 16.9 Å². The Morgan fingerprint density at radius 1 is 1.62 bits per heavy atom. The topological polar surface area (TPSA) is 42.0 Å². The van der Waals surface area contributed by atoms with Gasteiger partial charge in [-0.1, -0.05) is 22.9 Å². The van der Waals surface area contributed by atoms with Crippen LogP contribution in [0.5, 0.6) is 0 Å². The van der Waals surface area contributed by atoms with E-state index in [-0.39, 0.29) is 5.91 Å². The van der Waals surface area contributed by atoms with Crippen LogP contribution in [0.4, 0.5) is 0 Å². The first kappa shape index (κ1) is 13.2. The molecule has 0 aromatic carbocycles. The van der Waals surface area contributed by atoms with Gasteiger partial charge >= 0.3 is 0 Å². The first-order valence-electron chi connectivity index (χ1n) is 5.45. The van der Waals surface area contributed by atoms with Crippen molar-refractivity contribution in [3.05, 3.63) is 29.6 Å². The molecule has 1 N–H and O–H groups in total. The van der Waals surface area contributed by atoms with E-state index in [0.717, 1.165) is 18.5 Å². The first-order chi connectivity index (χ1) is 7.61. The summed E-state index contributed by atoms with van der Waals surface area (Å²) in [6.45, 7) is 4.66. The fourth-order valence-electron chi connectivity index (χ4n) is 1.40. The lowest BCUT2D eigenvalue weighted by atomic mass is 10.2. The van der Waals surface area contributed by atoms with Gasteiger partial charge in [0.15, 0.2) is 0 Å². The SMILES string of the molecule is Cc1ncccc1C(=O)NCCCC(C)Br. The number of nitrogens with zero attached hydrogens (tertiary/aromatic N) is 1. The highest BCUT2D eigenvalue weighted by molar-refractivity contribution is 9.09. The molecule has 0 aliphatic rings. The van der Waals surface area contributed by atoms with Gasteiger partial charge in [-0.3, -0.25) is 9.78 Å². The van der Waals surface area contributed by atoms with Crippen LogP contribution in [-0.2, 0) is 0 Å². The fraction of sp³-hybridized carbons (Fsp3) is 0.500. The van der Waals surface area contributed by atoms with Crippen LogP contribution >= 0.6 is 15.9 Å². The van der Waals surface area contributed by atoms with Gasteiger partial charge in [-0.2, -0.15) is 0 Å². The zero-order valence-corrected chi connectivity index (χ0v) is 11.3. The smallest absolute Gasteiger partial charge is 0.253 e. The standard InChI is InChI=1S/C12H17BrN2O/c1-9(13)5-3-8-15-12(16)11-6-4-7-14-10(11)2/h4,6-7,9H,3,5,8H2,1-2H3,(H,15,16). The van der Waals surface area contributed by atoms with Crippen LogP contribution in [0.3, 0.4) is 0 Å². The van der Waals surface area contributed by atoms with E-state index < -0.39 is 0 Å². The van der Waals surface area contributed by atoms with Crippen molar-refractivity contribution in [2.24, 2.45) is 0 Å². The van der Waals surface area contributed by atoms with Gasteiger partial charge in [0, 0.05) is 23.3 Å². The Morgan fingerprint density at radius 2 is 2.38 bits per heavy atom. The number of halogens is 1. The minimum atomic E-state index is -0.0344. The quantitative estimate of drug-likeness (QED) is 0.667. The summed E-state index contributed by atoms with van der Waals surface area (Å²) >= 11 is 3.48. The van der Waals surface area contributed by atoms with E-state index in [1.54, 1.807) is 18.3 Å². The van der Waals surface area contributed by atoms with Crippen molar-refractivity contribution in [2.45, 2.75) is 31.5 Å². The van der Waals surface area contributed by atoms with E-state index >= 15 is 0 Å². The predicted octanol–water partition coefficient (Wildman–Crippen LogP) is 2.68. The molecule has 0 radical (unpaired) electrons. The number of rotatable bonds is 5. The lowest BCUT2D eigenvalue weighted by Crippen LogP contribution is -2.25. The molecule has 1 rings (SSSR count). The molecule has 0 aliphatic heterocycles. The number of pyridine rings is 1. The lowest BCUT2D eigenvalue weighted by Gasteiger charge is -2.07. The molecule has 0 aliphatic carbocycles. The molecule has 1 aromatic heterocycles. The van der Waals surface area contributed by atoms with Crippen LogP contribution in [0.15, 0.2) is 18.3 Å². The number of amides is 1. The molecular formula is C12H17BrN2O. The summed E-state index contributed by atoms with van der Waals surface area (Å²) in [4.78, 5) is 16.3. The summed E-state index contributed by atoms with van der Waals surface area (Å²) in [6, 6.07) is 3.58. The molecule has 0 spiro atoms. The fourth-order valence-corrected chi connectivity index (χ4v) is 1.73. The van der Waals surface area contributed by atoms with E-state index in [4.69, 9.17) is 0 Å². The average molecular weight is 285 g/mol. The third-order valence-corrected chi connectivity index (χ3v) is 2.77. The summed E-state index contributed by atoms with van der Waals surface area (Å²) in [6.07, 6.45) is 3.74. The largest absolute Gasteiger partial charge is 0.352 e. The molecule has 0 fully saturated rings. The van der Waals surface area contributed by atoms with Crippen molar-refractivity contribution in [3.8, 4) is 0 Å². The minimum absolute atomic E-state index is 0.0344. The third-order valence-electron chi connectivity index (χ3n) is 2.32. The molecular weight excluding hydrogens is 268 g/mol. The number of carbonyl (C=O) groups excluding carboxylic acids is 1. The maximum Gasteiger partial charge on any atom is 0.253 e. The summed E-state index contributed by atoms with van der Waals surface area (Å²) in [7, 11) is 0. The van der Waals surface area contributed by atoms with Gasteiger partial charge in [0.25, 0.3) is 5.91 Å². The summed E-state index contributed by atoms with van der Waals surface area (Å²) in [5.41, 5.74) is 1.43. The molecule has 1 aromatic rings. The van der Waals surface area contributed by atoms with Gasteiger partial charge in [0.05, 0.1) is 5.56 Å². The van der Waals surface area contributed by atoms with Crippen LogP contribution in [-0.4, -0.2) is 22.3 Å². The van der Waals surface area contributed by atoms with Crippen molar-refractivity contribution in [3.63, 3.8) is 0 Å². The van der Waals surface area contributed by atoms with Crippen molar-refractivity contribution in [1.29, 1.82) is 0 Å². The second kappa shape index (κ2) is 6.63. The van der Waals surface area contributed by atoms with Crippen LogP contribution in [0.25, 0.3) is 0 Å². The number of aryl methyl sites for hydroxylation is 1. The van der Waals surface area contributed by atoms with Gasteiger partial charge in [-0.05, 0) is 31.9 Å². The summed E-state index contributed by atoms with van der Waals surface area (Å²) in [5, 5.41) is 2.90. The number of hydrogen-bond donors (Lipinski definition) is 1. The monoisotopic (exact) mass is 284 g/mol. The predicted molar refractivity (Wildman–Crippen MR) is 68.9 cm³/mol. The van der Waals surface area contributed by atoms with Gasteiger partial charge in [-0.25, -0.2) is 0 Å².